The van der Waals surface area contributed by atoms with Crippen molar-refractivity contribution in [3.8, 4) is 0 Å². The predicted octanol–water partition coefficient (Wildman–Crippen LogP) is 0.739. The summed E-state index contributed by atoms with van der Waals surface area (Å²) in [5, 5.41) is 18.4. The molecule has 0 aromatic carbocycles. The Labute approximate surface area is 124 Å². The minimum Gasteiger partial charge on any atom is -0.480 e. The predicted molar refractivity (Wildman–Crippen MR) is 79.6 cm³/mol. The molecule has 21 heavy (non-hydrogen) atoms. The number of hydrogen-bond acceptors (Lipinski definition) is 6. The first-order chi connectivity index (χ1) is 10.2. The third kappa shape index (κ3) is 3.81. The Bertz CT molecular complexity index is 483. The van der Waals surface area contributed by atoms with Crippen molar-refractivity contribution in [1.82, 2.24) is 9.97 Å². The van der Waals surface area contributed by atoms with Crippen LogP contribution in [0.1, 0.15) is 26.2 Å². The number of aliphatic hydroxyl groups excluding tert-OH is 1. The van der Waals surface area contributed by atoms with Gasteiger partial charge in [-0.2, -0.15) is 0 Å². The summed E-state index contributed by atoms with van der Waals surface area (Å²) in [6, 6.07) is 1.90. The number of rotatable bonds is 7. The van der Waals surface area contributed by atoms with Crippen molar-refractivity contribution in [3.63, 3.8) is 0 Å². The molecule has 1 aromatic heterocycles. The number of carboxylic acids is 1. The van der Waals surface area contributed by atoms with Crippen LogP contribution in [0.3, 0.4) is 0 Å². The first-order valence-corrected chi connectivity index (χ1v) is 7.32. The van der Waals surface area contributed by atoms with E-state index in [1.807, 2.05) is 13.0 Å². The van der Waals surface area contributed by atoms with Crippen LogP contribution in [0.4, 0.5) is 11.6 Å². The van der Waals surface area contributed by atoms with E-state index >= 15 is 0 Å². The van der Waals surface area contributed by atoms with E-state index in [0.29, 0.717) is 12.4 Å². The minimum atomic E-state index is -0.877. The van der Waals surface area contributed by atoms with E-state index in [4.69, 9.17) is 5.11 Å². The van der Waals surface area contributed by atoms with Crippen LogP contribution in [-0.4, -0.2) is 58.4 Å². The fourth-order valence-corrected chi connectivity index (χ4v) is 2.70. The molecule has 116 valence electrons. The van der Waals surface area contributed by atoms with Gasteiger partial charge in [0, 0.05) is 19.2 Å². The highest BCUT2D eigenvalue weighted by molar-refractivity contribution is 5.73. The van der Waals surface area contributed by atoms with Gasteiger partial charge in [-0.1, -0.05) is 6.92 Å². The van der Waals surface area contributed by atoms with Crippen LogP contribution < -0.4 is 9.80 Å². The van der Waals surface area contributed by atoms with Crippen molar-refractivity contribution in [3.05, 3.63) is 12.4 Å². The van der Waals surface area contributed by atoms with Gasteiger partial charge in [0.2, 0.25) is 0 Å². The van der Waals surface area contributed by atoms with Crippen LogP contribution in [0.25, 0.3) is 0 Å². The van der Waals surface area contributed by atoms with E-state index in [1.54, 1.807) is 4.90 Å². The summed E-state index contributed by atoms with van der Waals surface area (Å²) in [7, 11) is 0. The molecule has 7 heteroatoms. The lowest BCUT2D eigenvalue weighted by Crippen LogP contribution is -2.34. The topological polar surface area (TPSA) is 89.8 Å². The highest BCUT2D eigenvalue weighted by atomic mass is 16.4. The van der Waals surface area contributed by atoms with E-state index in [2.05, 4.69) is 14.9 Å². The summed E-state index contributed by atoms with van der Waals surface area (Å²) in [4.78, 5) is 23.2. The summed E-state index contributed by atoms with van der Waals surface area (Å²) in [6.45, 7) is 3.51. The van der Waals surface area contributed by atoms with Gasteiger partial charge >= 0.3 is 5.97 Å². The van der Waals surface area contributed by atoms with Gasteiger partial charge in [0.15, 0.2) is 0 Å². The van der Waals surface area contributed by atoms with Gasteiger partial charge < -0.3 is 20.0 Å². The van der Waals surface area contributed by atoms with Gasteiger partial charge in [-0.15, -0.1) is 0 Å². The quantitative estimate of drug-likeness (QED) is 0.766. The van der Waals surface area contributed by atoms with Gasteiger partial charge in [-0.3, -0.25) is 4.79 Å². The van der Waals surface area contributed by atoms with Crippen molar-refractivity contribution in [2.45, 2.75) is 32.2 Å². The maximum absolute atomic E-state index is 11.0. The van der Waals surface area contributed by atoms with E-state index in [1.165, 1.54) is 6.33 Å². The second kappa shape index (κ2) is 7.21. The van der Waals surface area contributed by atoms with Gasteiger partial charge in [0.05, 0.1) is 12.6 Å². The summed E-state index contributed by atoms with van der Waals surface area (Å²) in [5.74, 6) is 0.494. The first-order valence-electron chi connectivity index (χ1n) is 7.32. The molecule has 2 rings (SSSR count). The number of aliphatic hydroxyl groups is 1. The molecule has 0 spiro atoms. The molecule has 0 radical (unpaired) electrons. The zero-order valence-electron chi connectivity index (χ0n) is 12.3. The number of aliphatic carboxylic acids is 1. The number of hydrogen-bond donors (Lipinski definition) is 2. The molecule has 1 atom stereocenters. The van der Waals surface area contributed by atoms with Gasteiger partial charge in [0.25, 0.3) is 0 Å². The highest BCUT2D eigenvalue weighted by Gasteiger charge is 2.25. The Morgan fingerprint density at radius 3 is 3.00 bits per heavy atom. The number of aromatic nitrogens is 2. The molecule has 1 saturated heterocycles. The van der Waals surface area contributed by atoms with E-state index < -0.39 is 5.97 Å². The Balaban J connectivity index is 2.20. The maximum atomic E-state index is 11.0. The largest absolute Gasteiger partial charge is 0.480 e. The SMILES string of the molecule is CCCN(CC(=O)O)c1cc(N2CCCC2CO)ncn1. The zero-order chi connectivity index (χ0) is 15.2. The summed E-state index contributed by atoms with van der Waals surface area (Å²) in [5.41, 5.74) is 0. The Hall–Kier alpha value is -1.89. The normalized spacial score (nSPS) is 18.0. The number of nitrogens with zero attached hydrogens (tertiary/aromatic N) is 4. The molecule has 0 saturated carbocycles. The minimum absolute atomic E-state index is 0.0757. The summed E-state index contributed by atoms with van der Waals surface area (Å²) in [6.07, 6.45) is 4.28. The summed E-state index contributed by atoms with van der Waals surface area (Å²) >= 11 is 0. The van der Waals surface area contributed by atoms with Crippen molar-refractivity contribution in [2.75, 3.05) is 36.0 Å². The molecule has 1 aliphatic heterocycles. The van der Waals surface area contributed by atoms with Crippen LogP contribution in [0.5, 0.6) is 0 Å². The molecule has 1 unspecified atom stereocenters. The Morgan fingerprint density at radius 1 is 1.52 bits per heavy atom. The molecule has 0 amide bonds. The van der Waals surface area contributed by atoms with E-state index in [0.717, 1.165) is 31.6 Å². The first kappa shape index (κ1) is 15.5. The molecule has 1 aliphatic rings. The fraction of sp³-hybridized carbons (Fsp3) is 0.643. The third-order valence-electron chi connectivity index (χ3n) is 3.66. The molecular weight excluding hydrogens is 272 g/mol. The van der Waals surface area contributed by atoms with Crippen LogP contribution >= 0.6 is 0 Å². The smallest absolute Gasteiger partial charge is 0.323 e. The van der Waals surface area contributed by atoms with E-state index in [9.17, 15) is 9.90 Å². The second-order valence-corrected chi connectivity index (χ2v) is 5.22. The molecule has 2 N–H and O–H groups in total. The van der Waals surface area contributed by atoms with Gasteiger partial charge in [-0.05, 0) is 19.3 Å². The fourth-order valence-electron chi connectivity index (χ4n) is 2.70. The van der Waals surface area contributed by atoms with Crippen LogP contribution in [0, 0.1) is 0 Å². The van der Waals surface area contributed by atoms with Crippen molar-refractivity contribution < 1.29 is 15.0 Å². The molecule has 0 bridgehead atoms. The standard InChI is InChI=1S/C14H22N4O3/c1-2-5-17(8-14(20)21)12-7-13(16-10-15-12)18-6-3-4-11(18)9-19/h7,10-11,19H,2-6,8-9H2,1H3,(H,20,21). The van der Waals surface area contributed by atoms with Crippen molar-refractivity contribution >= 4 is 17.6 Å². The van der Waals surface area contributed by atoms with Gasteiger partial charge in [0.1, 0.15) is 24.5 Å². The number of anilines is 2. The van der Waals surface area contributed by atoms with E-state index in [-0.39, 0.29) is 19.2 Å². The lowest BCUT2D eigenvalue weighted by atomic mass is 10.2. The average Bonchev–Trinajstić information content (AvgIpc) is 2.95. The maximum Gasteiger partial charge on any atom is 0.323 e. The van der Waals surface area contributed by atoms with Crippen LogP contribution in [0.15, 0.2) is 12.4 Å². The van der Waals surface area contributed by atoms with Crippen LogP contribution in [0.2, 0.25) is 0 Å². The van der Waals surface area contributed by atoms with Crippen molar-refractivity contribution in [1.29, 1.82) is 0 Å². The molecule has 1 fully saturated rings. The highest BCUT2D eigenvalue weighted by Crippen LogP contribution is 2.25. The lowest BCUT2D eigenvalue weighted by Gasteiger charge is -2.26. The monoisotopic (exact) mass is 294 g/mol. The zero-order valence-corrected chi connectivity index (χ0v) is 12.3. The Morgan fingerprint density at radius 2 is 2.33 bits per heavy atom. The molecule has 2 heterocycles. The van der Waals surface area contributed by atoms with Crippen LogP contribution in [-0.2, 0) is 4.79 Å². The number of carboxylic acid groups (broad SMARTS) is 1. The average molecular weight is 294 g/mol. The van der Waals surface area contributed by atoms with Crippen molar-refractivity contribution in [2.24, 2.45) is 0 Å². The molecule has 1 aromatic rings. The Kier molecular flexibility index (Phi) is 5.32. The molecule has 0 aliphatic carbocycles. The second-order valence-electron chi connectivity index (χ2n) is 5.22. The molecular formula is C14H22N4O3. The van der Waals surface area contributed by atoms with Gasteiger partial charge in [-0.25, -0.2) is 9.97 Å². The lowest BCUT2D eigenvalue weighted by molar-refractivity contribution is -0.135. The third-order valence-corrected chi connectivity index (χ3v) is 3.66. The summed E-state index contributed by atoms with van der Waals surface area (Å²) < 4.78 is 0. The number of carbonyl (C=O) groups is 1. The molecule has 7 nitrogen and oxygen atoms in total.